The molecule has 0 bridgehead atoms. The summed E-state index contributed by atoms with van der Waals surface area (Å²) >= 11 is 0. The number of nitrogens with one attached hydrogen (secondary N) is 2. The molecule has 0 saturated carbocycles. The van der Waals surface area contributed by atoms with Crippen molar-refractivity contribution in [2.24, 2.45) is 0 Å². The molecular weight excluding hydrogens is 404 g/mol. The Labute approximate surface area is 163 Å². The van der Waals surface area contributed by atoms with Crippen LogP contribution in [0, 0.1) is 5.82 Å². The van der Waals surface area contributed by atoms with E-state index in [2.05, 4.69) is 12.0 Å². The summed E-state index contributed by atoms with van der Waals surface area (Å²) in [5.74, 6) is -0.985. The van der Waals surface area contributed by atoms with Crippen molar-refractivity contribution in [2.45, 2.75) is 26.5 Å². The van der Waals surface area contributed by atoms with E-state index in [0.29, 0.717) is 6.20 Å². The van der Waals surface area contributed by atoms with E-state index in [-0.39, 0.29) is 30.5 Å². The van der Waals surface area contributed by atoms with Gasteiger partial charge in [0.15, 0.2) is 11.5 Å². The maximum absolute atomic E-state index is 13.5. The van der Waals surface area contributed by atoms with Crippen molar-refractivity contribution in [2.75, 3.05) is 0 Å². The third-order valence-electron chi connectivity index (χ3n) is 4.39. The number of benzene rings is 1. The van der Waals surface area contributed by atoms with Crippen LogP contribution >= 0.6 is 7.75 Å². The highest BCUT2D eigenvalue weighted by molar-refractivity contribution is 7.52. The van der Waals surface area contributed by atoms with Crippen molar-refractivity contribution in [3.63, 3.8) is 0 Å². The second-order valence-corrected chi connectivity index (χ2v) is 8.10. The molecule has 0 spiro atoms. The van der Waals surface area contributed by atoms with Gasteiger partial charge in [-0.2, -0.15) is 4.39 Å². The summed E-state index contributed by atoms with van der Waals surface area (Å²) in [7, 11) is -3.67. The Balaban J connectivity index is 1.52. The SMILES string of the molecule is CCc1ccc(CN[P@@]2(=O)OCc3oc(-n4cc(F)c(=O)[nH]c4=O)cc3O2)cc1. The molecule has 3 aromatic rings. The van der Waals surface area contributed by atoms with Crippen molar-refractivity contribution in [3.05, 3.63) is 80.1 Å². The smallest absolute Gasteiger partial charge is 0.438 e. The van der Waals surface area contributed by atoms with Gasteiger partial charge in [0.2, 0.25) is 11.7 Å². The Hall–Kier alpha value is -2.94. The number of aryl methyl sites for hydroxylation is 1. The third kappa shape index (κ3) is 3.95. The number of nitrogens with zero attached hydrogens (tertiary/aromatic N) is 1. The number of fused-ring (bicyclic) bond motifs is 1. The van der Waals surface area contributed by atoms with Crippen LogP contribution in [0.5, 0.6) is 5.75 Å². The molecule has 1 aliphatic rings. The van der Waals surface area contributed by atoms with Gasteiger partial charge in [0, 0.05) is 12.6 Å². The molecule has 0 amide bonds. The van der Waals surface area contributed by atoms with Gasteiger partial charge in [-0.1, -0.05) is 31.2 Å². The zero-order valence-electron chi connectivity index (χ0n) is 15.3. The molecule has 0 unspecified atom stereocenters. The lowest BCUT2D eigenvalue weighted by Gasteiger charge is -2.23. The highest BCUT2D eigenvalue weighted by atomic mass is 31.2. The average molecular weight is 421 g/mol. The standard InChI is InChI=1S/C18H17FN3O6P/c1-2-11-3-5-12(6-4-11)8-20-29(25)26-10-15-14(28-29)7-16(27-15)22-9-13(19)17(23)21-18(22)24/h3-7,9H,2,8,10H2,1H3,(H,20,25)(H,21,23,24)/t29-/m1/s1. The van der Waals surface area contributed by atoms with E-state index in [1.165, 1.54) is 11.6 Å². The first-order chi connectivity index (χ1) is 13.9. The fourth-order valence-corrected chi connectivity index (χ4v) is 4.05. The summed E-state index contributed by atoms with van der Waals surface area (Å²) in [5.41, 5.74) is 0.0664. The van der Waals surface area contributed by atoms with Crippen molar-refractivity contribution >= 4 is 7.75 Å². The molecule has 0 saturated heterocycles. The highest BCUT2D eigenvalue weighted by Crippen LogP contribution is 2.51. The van der Waals surface area contributed by atoms with E-state index < -0.39 is 24.8 Å². The van der Waals surface area contributed by atoms with E-state index in [1.54, 1.807) is 0 Å². The van der Waals surface area contributed by atoms with Gasteiger partial charge in [-0.15, -0.1) is 0 Å². The predicted molar refractivity (Wildman–Crippen MR) is 101 cm³/mol. The number of hydrogen-bond acceptors (Lipinski definition) is 6. The second kappa shape index (κ2) is 7.47. The largest absolute Gasteiger partial charge is 0.459 e. The summed E-state index contributed by atoms with van der Waals surface area (Å²) in [5, 5.41) is 2.76. The van der Waals surface area contributed by atoms with Crippen molar-refractivity contribution in [3.8, 4) is 11.6 Å². The minimum atomic E-state index is -3.67. The number of aromatic amines is 1. The van der Waals surface area contributed by atoms with Crippen molar-refractivity contribution in [1.82, 2.24) is 14.6 Å². The van der Waals surface area contributed by atoms with Gasteiger partial charge in [-0.25, -0.2) is 19.0 Å². The Kier molecular flexibility index (Phi) is 4.99. The molecule has 1 atom stereocenters. The number of hydrogen-bond donors (Lipinski definition) is 2. The van der Waals surface area contributed by atoms with Crippen LogP contribution in [0.1, 0.15) is 23.8 Å². The second-order valence-electron chi connectivity index (χ2n) is 6.35. The molecule has 2 N–H and O–H groups in total. The van der Waals surface area contributed by atoms with Gasteiger partial charge in [-0.3, -0.25) is 14.3 Å². The van der Waals surface area contributed by atoms with Crippen LogP contribution in [0.3, 0.4) is 0 Å². The normalized spacial score (nSPS) is 18.3. The Bertz CT molecular complexity index is 1210. The fraction of sp³-hybridized carbons (Fsp3) is 0.222. The van der Waals surface area contributed by atoms with E-state index >= 15 is 0 Å². The highest BCUT2D eigenvalue weighted by Gasteiger charge is 2.35. The first kappa shape index (κ1) is 19.4. The van der Waals surface area contributed by atoms with Gasteiger partial charge >= 0.3 is 13.4 Å². The molecule has 4 rings (SSSR count). The number of aromatic nitrogens is 2. The van der Waals surface area contributed by atoms with Crippen LogP contribution < -0.4 is 20.9 Å². The van der Waals surface area contributed by atoms with Crippen LogP contribution in [0.2, 0.25) is 0 Å². The van der Waals surface area contributed by atoms with Gasteiger partial charge in [-0.05, 0) is 17.5 Å². The fourth-order valence-electron chi connectivity index (χ4n) is 2.76. The molecule has 0 aliphatic carbocycles. The maximum Gasteiger partial charge on any atom is 0.459 e. The average Bonchev–Trinajstić information content (AvgIpc) is 3.12. The lowest BCUT2D eigenvalue weighted by molar-refractivity contribution is 0.198. The van der Waals surface area contributed by atoms with Gasteiger partial charge < -0.3 is 8.94 Å². The van der Waals surface area contributed by atoms with Gasteiger partial charge in [0.1, 0.15) is 6.61 Å². The number of rotatable bonds is 5. The minimum Gasteiger partial charge on any atom is -0.438 e. The molecule has 2 aromatic heterocycles. The van der Waals surface area contributed by atoms with Crippen LogP contribution in [-0.4, -0.2) is 9.55 Å². The maximum atomic E-state index is 13.5. The predicted octanol–water partition coefficient (Wildman–Crippen LogP) is 2.63. The Morgan fingerprint density at radius 1 is 1.24 bits per heavy atom. The summed E-state index contributed by atoms with van der Waals surface area (Å²) in [6.45, 7) is 2.14. The summed E-state index contributed by atoms with van der Waals surface area (Å²) in [4.78, 5) is 24.9. The summed E-state index contributed by atoms with van der Waals surface area (Å²) in [6, 6.07) is 9.08. The van der Waals surface area contributed by atoms with Crippen LogP contribution in [0.15, 0.2) is 50.5 Å². The number of furan rings is 1. The molecule has 152 valence electrons. The molecule has 29 heavy (non-hydrogen) atoms. The lowest BCUT2D eigenvalue weighted by atomic mass is 10.1. The van der Waals surface area contributed by atoms with Gasteiger partial charge in [0.05, 0.1) is 6.20 Å². The van der Waals surface area contributed by atoms with Crippen LogP contribution in [0.4, 0.5) is 4.39 Å². The van der Waals surface area contributed by atoms with Crippen LogP contribution in [-0.2, 0) is 28.7 Å². The quantitative estimate of drug-likeness (QED) is 0.609. The molecular formula is C18H17FN3O6P. The van der Waals surface area contributed by atoms with Crippen molar-refractivity contribution in [1.29, 1.82) is 0 Å². The Morgan fingerprint density at radius 3 is 2.69 bits per heavy atom. The first-order valence-electron chi connectivity index (χ1n) is 8.78. The summed E-state index contributed by atoms with van der Waals surface area (Å²) < 4.78 is 43.2. The topological polar surface area (TPSA) is 116 Å². The number of halogens is 1. The summed E-state index contributed by atoms with van der Waals surface area (Å²) in [6.07, 6.45) is 1.62. The molecule has 11 heteroatoms. The van der Waals surface area contributed by atoms with E-state index in [9.17, 15) is 18.5 Å². The van der Waals surface area contributed by atoms with E-state index in [4.69, 9.17) is 13.5 Å². The third-order valence-corrected chi connectivity index (χ3v) is 5.84. The zero-order valence-corrected chi connectivity index (χ0v) is 16.2. The molecule has 9 nitrogen and oxygen atoms in total. The van der Waals surface area contributed by atoms with E-state index in [1.807, 2.05) is 29.2 Å². The van der Waals surface area contributed by atoms with Gasteiger partial charge in [0.25, 0.3) is 5.56 Å². The first-order valence-corrected chi connectivity index (χ1v) is 10.3. The zero-order chi connectivity index (χ0) is 20.6. The molecule has 3 heterocycles. The molecule has 0 fully saturated rings. The molecule has 0 radical (unpaired) electrons. The number of H-pyrrole nitrogens is 1. The lowest BCUT2D eigenvalue weighted by Crippen LogP contribution is -2.30. The Morgan fingerprint density at radius 2 is 1.97 bits per heavy atom. The molecule has 1 aromatic carbocycles. The van der Waals surface area contributed by atoms with Crippen molar-refractivity contribution < 1.29 is 22.4 Å². The minimum absolute atomic E-state index is 0.0990. The molecule has 1 aliphatic heterocycles. The van der Waals surface area contributed by atoms with Crippen LogP contribution in [0.25, 0.3) is 5.88 Å². The van der Waals surface area contributed by atoms with E-state index in [0.717, 1.165) is 16.6 Å². The monoisotopic (exact) mass is 421 g/mol.